The van der Waals surface area contributed by atoms with Crippen LogP contribution in [0.5, 0.6) is 16.7 Å². The van der Waals surface area contributed by atoms with Gasteiger partial charge in [0.25, 0.3) is 5.19 Å². The molecule has 0 aliphatic heterocycles. The Morgan fingerprint density at radius 3 is 2.59 bits per heavy atom. The number of halogens is 3. The van der Waals surface area contributed by atoms with E-state index in [9.17, 15) is 0 Å². The molecule has 0 amide bonds. The van der Waals surface area contributed by atoms with Crippen molar-refractivity contribution in [2.45, 2.75) is 6.61 Å². The molecule has 0 aliphatic rings. The SMILES string of the molecule is COc1cc(OCc2csc(-c3c(I)cccc3I)n2)c2c(I)c(-c3cn4nc(OC)sc4n3)oc2c1. The van der Waals surface area contributed by atoms with E-state index in [0.29, 0.717) is 40.3 Å². The van der Waals surface area contributed by atoms with Gasteiger partial charge in [-0.15, -0.1) is 16.4 Å². The summed E-state index contributed by atoms with van der Waals surface area (Å²) in [4.78, 5) is 10.2. The molecule has 0 fully saturated rings. The minimum atomic E-state index is 0.319. The maximum atomic E-state index is 6.30. The molecule has 6 aromatic rings. The average molecular weight is 868 g/mol. The normalized spacial score (nSPS) is 11.5. The Labute approximate surface area is 259 Å². The molecule has 0 atom stereocenters. The van der Waals surface area contributed by atoms with Crippen LogP contribution < -0.4 is 14.2 Å². The van der Waals surface area contributed by atoms with Crippen LogP contribution in [0.3, 0.4) is 0 Å². The predicted molar refractivity (Wildman–Crippen MR) is 169 cm³/mol. The summed E-state index contributed by atoms with van der Waals surface area (Å²) in [6.45, 7) is 0.319. The molecule has 0 bridgehead atoms. The van der Waals surface area contributed by atoms with Crippen molar-refractivity contribution in [3.8, 4) is 38.7 Å². The zero-order valence-electron chi connectivity index (χ0n) is 19.1. The highest BCUT2D eigenvalue weighted by atomic mass is 127. The van der Waals surface area contributed by atoms with Crippen LogP contribution in [0.15, 0.2) is 46.3 Å². The number of aromatic nitrogens is 4. The van der Waals surface area contributed by atoms with Crippen LogP contribution in [0.1, 0.15) is 5.69 Å². The van der Waals surface area contributed by atoms with Crippen molar-refractivity contribution in [3.63, 3.8) is 0 Å². The second-order valence-electron chi connectivity index (χ2n) is 7.70. The number of nitrogens with zero attached hydrogens (tertiary/aromatic N) is 4. The van der Waals surface area contributed by atoms with Gasteiger partial charge in [-0.3, -0.25) is 0 Å². The third-order valence-electron chi connectivity index (χ3n) is 5.44. The van der Waals surface area contributed by atoms with Gasteiger partial charge >= 0.3 is 0 Å². The molecule has 13 heteroatoms. The van der Waals surface area contributed by atoms with Gasteiger partial charge in [-0.25, -0.2) is 14.5 Å². The number of furan rings is 1. The van der Waals surface area contributed by atoms with E-state index >= 15 is 0 Å². The van der Waals surface area contributed by atoms with Gasteiger partial charge in [0.15, 0.2) is 5.76 Å². The Kier molecular flexibility index (Phi) is 7.23. The molecule has 188 valence electrons. The lowest BCUT2D eigenvalue weighted by Crippen LogP contribution is -1.97. The lowest BCUT2D eigenvalue weighted by molar-refractivity contribution is 0.303. The zero-order valence-corrected chi connectivity index (χ0v) is 27.2. The quantitative estimate of drug-likeness (QED) is 0.152. The van der Waals surface area contributed by atoms with Gasteiger partial charge in [-0.05, 0) is 91.2 Å². The first-order chi connectivity index (χ1) is 17.9. The molecular weight excluding hydrogens is 853 g/mol. The van der Waals surface area contributed by atoms with Gasteiger partial charge in [-0.1, -0.05) is 6.07 Å². The van der Waals surface area contributed by atoms with Gasteiger partial charge in [0.05, 0.1) is 35.1 Å². The molecule has 8 nitrogen and oxygen atoms in total. The molecule has 0 spiro atoms. The smallest absolute Gasteiger partial charge is 0.294 e. The highest BCUT2D eigenvalue weighted by Crippen LogP contribution is 2.42. The Balaban J connectivity index is 1.34. The van der Waals surface area contributed by atoms with Crippen molar-refractivity contribution in [1.82, 2.24) is 19.6 Å². The molecule has 4 aromatic heterocycles. The molecule has 0 saturated carbocycles. The molecule has 0 aliphatic carbocycles. The number of methoxy groups -OCH3 is 2. The first-order valence-corrected chi connectivity index (χ1v) is 15.6. The van der Waals surface area contributed by atoms with E-state index < -0.39 is 0 Å². The fourth-order valence-corrected chi connectivity index (χ4v) is 8.63. The lowest BCUT2D eigenvalue weighted by Gasteiger charge is -2.08. The van der Waals surface area contributed by atoms with Crippen LogP contribution in [-0.2, 0) is 6.61 Å². The zero-order chi connectivity index (χ0) is 25.7. The summed E-state index contributed by atoms with van der Waals surface area (Å²) in [6.07, 6.45) is 1.83. The summed E-state index contributed by atoms with van der Waals surface area (Å²) < 4.78 is 28.2. The van der Waals surface area contributed by atoms with Gasteiger partial charge in [-0.2, -0.15) is 0 Å². The predicted octanol–water partition coefficient (Wildman–Crippen LogP) is 7.74. The van der Waals surface area contributed by atoms with Gasteiger partial charge in [0.2, 0.25) is 4.96 Å². The monoisotopic (exact) mass is 868 g/mol. The second kappa shape index (κ2) is 10.5. The van der Waals surface area contributed by atoms with Crippen LogP contribution in [0, 0.1) is 10.7 Å². The molecule has 0 radical (unpaired) electrons. The third kappa shape index (κ3) is 4.80. The fourth-order valence-electron chi connectivity index (χ4n) is 3.74. The standard InChI is InChI=1S/C24H15I3N4O4S2/c1-32-12-6-16(34-9-11-10-36-22(28-11)18-13(25)4-3-5-14(18)26)19-17(7-12)35-21(20(19)27)15-8-31-23(29-15)37-24(30-31)33-2/h3-8,10H,9H2,1-2H3. The van der Waals surface area contributed by atoms with Gasteiger partial charge < -0.3 is 18.6 Å². The van der Waals surface area contributed by atoms with Crippen LogP contribution >= 0.6 is 90.4 Å². The van der Waals surface area contributed by atoms with Crippen molar-refractivity contribution in [3.05, 3.63) is 58.3 Å². The van der Waals surface area contributed by atoms with Crippen LogP contribution in [0.25, 0.3) is 38.0 Å². The molecule has 2 aromatic carbocycles. The van der Waals surface area contributed by atoms with E-state index in [4.69, 9.17) is 23.6 Å². The number of imidazole rings is 1. The molecule has 0 N–H and O–H groups in total. The molecule has 37 heavy (non-hydrogen) atoms. The van der Waals surface area contributed by atoms with Crippen molar-refractivity contribution < 1.29 is 18.6 Å². The van der Waals surface area contributed by atoms with Crippen molar-refractivity contribution in [2.75, 3.05) is 14.2 Å². The van der Waals surface area contributed by atoms with E-state index in [1.165, 1.54) is 18.5 Å². The minimum absolute atomic E-state index is 0.319. The number of hydrogen-bond acceptors (Lipinski definition) is 9. The van der Waals surface area contributed by atoms with Crippen molar-refractivity contribution >= 4 is 106 Å². The van der Waals surface area contributed by atoms with E-state index in [2.05, 4.69) is 96.1 Å². The minimum Gasteiger partial charge on any atom is -0.496 e. The van der Waals surface area contributed by atoms with Crippen LogP contribution in [0.2, 0.25) is 0 Å². The Bertz CT molecular complexity index is 1720. The van der Waals surface area contributed by atoms with Crippen molar-refractivity contribution in [1.29, 1.82) is 0 Å². The fraction of sp³-hybridized carbons (Fsp3) is 0.125. The number of thiazole rings is 1. The summed E-state index contributed by atoms with van der Waals surface area (Å²) in [6, 6.07) is 9.97. The molecule has 6 rings (SSSR count). The highest BCUT2D eigenvalue weighted by Gasteiger charge is 2.22. The van der Waals surface area contributed by atoms with E-state index in [1.54, 1.807) is 30.1 Å². The number of benzene rings is 2. The number of rotatable bonds is 7. The van der Waals surface area contributed by atoms with Gasteiger partial charge in [0.1, 0.15) is 34.4 Å². The Hall–Kier alpha value is -1.70. The number of ether oxygens (including phenoxy) is 3. The van der Waals surface area contributed by atoms with E-state index in [-0.39, 0.29) is 0 Å². The maximum Gasteiger partial charge on any atom is 0.294 e. The number of hydrogen-bond donors (Lipinski definition) is 0. The second-order valence-corrected chi connectivity index (χ2v) is 12.9. The van der Waals surface area contributed by atoms with Crippen LogP contribution in [0.4, 0.5) is 0 Å². The first kappa shape index (κ1) is 25.6. The summed E-state index contributed by atoms with van der Waals surface area (Å²) >= 11 is 9.97. The summed E-state index contributed by atoms with van der Waals surface area (Å²) in [7, 11) is 3.21. The Morgan fingerprint density at radius 1 is 1.05 bits per heavy atom. The third-order valence-corrected chi connectivity index (χ3v) is 10.1. The first-order valence-electron chi connectivity index (χ1n) is 10.7. The molecular formula is C24H15I3N4O4S2. The molecule has 0 saturated heterocycles. The number of fused-ring (bicyclic) bond motifs is 2. The summed E-state index contributed by atoms with van der Waals surface area (Å²) in [5.41, 5.74) is 3.36. The van der Waals surface area contributed by atoms with Crippen molar-refractivity contribution in [2.24, 2.45) is 0 Å². The molecule has 0 unspecified atom stereocenters. The topological polar surface area (TPSA) is 83.9 Å². The maximum absolute atomic E-state index is 6.30. The van der Waals surface area contributed by atoms with E-state index in [0.717, 1.165) is 30.2 Å². The Morgan fingerprint density at radius 2 is 1.86 bits per heavy atom. The summed E-state index contributed by atoms with van der Waals surface area (Å²) in [5.74, 6) is 1.95. The average Bonchev–Trinajstić information content (AvgIpc) is 3.65. The largest absolute Gasteiger partial charge is 0.496 e. The lowest BCUT2D eigenvalue weighted by atomic mass is 10.2. The molecule has 4 heterocycles. The summed E-state index contributed by atoms with van der Waals surface area (Å²) in [5, 5.41) is 8.79. The highest BCUT2D eigenvalue weighted by molar-refractivity contribution is 14.1. The van der Waals surface area contributed by atoms with Gasteiger partial charge in [0, 0.05) is 30.2 Å². The van der Waals surface area contributed by atoms with E-state index in [1.807, 2.05) is 23.7 Å². The van der Waals surface area contributed by atoms with Crippen LogP contribution in [-0.4, -0.2) is 33.8 Å².